The summed E-state index contributed by atoms with van der Waals surface area (Å²) in [5, 5.41) is 5.14. The number of hydrogen-bond acceptors (Lipinski definition) is 8. The number of rotatable bonds is 8. The number of nitrogens with one attached hydrogen (secondary N) is 1. The number of guanidine groups is 1. The molecule has 3 atom stereocenters. The topological polar surface area (TPSA) is 86.9 Å². The molecule has 1 amide bonds. The van der Waals surface area contributed by atoms with Crippen LogP contribution in [0.2, 0.25) is 0 Å². The Bertz CT molecular complexity index is 1490. The van der Waals surface area contributed by atoms with Gasteiger partial charge in [-0.25, -0.2) is 9.98 Å². The van der Waals surface area contributed by atoms with Crippen molar-refractivity contribution >= 4 is 50.9 Å². The summed E-state index contributed by atoms with van der Waals surface area (Å²) in [6.45, 7) is 6.27. The van der Waals surface area contributed by atoms with E-state index in [1.807, 2.05) is 41.3 Å². The summed E-state index contributed by atoms with van der Waals surface area (Å²) in [4.78, 5) is 27.3. The van der Waals surface area contributed by atoms with Gasteiger partial charge in [-0.3, -0.25) is 4.79 Å². The number of carbonyl (C=O) groups excluding carboxylic acids is 1. The Morgan fingerprint density at radius 3 is 2.85 bits per heavy atom. The van der Waals surface area contributed by atoms with E-state index in [1.165, 1.54) is 53.1 Å². The maximum Gasteiger partial charge on any atom is 0.251 e. The van der Waals surface area contributed by atoms with Gasteiger partial charge in [-0.05, 0) is 108 Å². The van der Waals surface area contributed by atoms with Gasteiger partial charge < -0.3 is 20.9 Å². The van der Waals surface area contributed by atoms with Crippen molar-refractivity contribution in [2.45, 2.75) is 73.8 Å². The van der Waals surface area contributed by atoms with Crippen LogP contribution in [-0.2, 0) is 6.42 Å². The Balaban J connectivity index is 0.899. The molecule has 0 spiro atoms. The lowest BCUT2D eigenvalue weighted by Crippen LogP contribution is -2.39. The number of aliphatic imine (C=N–C) groups is 1. The van der Waals surface area contributed by atoms with E-state index in [4.69, 9.17) is 10.7 Å². The highest BCUT2D eigenvalue weighted by Crippen LogP contribution is 2.55. The molecule has 5 heterocycles. The number of amides is 1. The Labute approximate surface area is 251 Å². The van der Waals surface area contributed by atoms with Crippen LogP contribution in [0.3, 0.4) is 0 Å². The molecule has 0 radical (unpaired) electrons. The lowest BCUT2D eigenvalue weighted by molar-refractivity contribution is 0.0951. The fourth-order valence-electron chi connectivity index (χ4n) is 6.85. The van der Waals surface area contributed by atoms with Crippen LogP contribution in [0.15, 0.2) is 41.4 Å². The van der Waals surface area contributed by atoms with Crippen molar-refractivity contribution in [1.29, 1.82) is 0 Å². The van der Waals surface area contributed by atoms with E-state index >= 15 is 0 Å². The third kappa shape index (κ3) is 5.48. The first-order chi connectivity index (χ1) is 19.9. The molecule has 7 nitrogen and oxygen atoms in total. The standard InChI is InChI=1S/C32H40N6OS2/c1-32(19-34-29(39)22-9-10-24-23(18-22)26-6-4-14-38(26)31(33)36-24)28(41-32)7-3-5-20-8-11-27-25(17-20)35-30(40-27)21-12-15-37(2)16-13-21/h8-11,17-18,21,26,28H,3-7,12-16,19H2,1-2H3,(H2,33,36)(H,34,39)/t26?,28?,32-/m1/s1. The number of aryl methyl sites for hydroxylation is 1. The average Bonchev–Trinajstić information content (AvgIpc) is 3.31. The summed E-state index contributed by atoms with van der Waals surface area (Å²) < 4.78 is 1.44. The first kappa shape index (κ1) is 27.2. The number of aromatic nitrogens is 1. The van der Waals surface area contributed by atoms with Crippen LogP contribution in [0.25, 0.3) is 10.2 Å². The molecule has 3 fully saturated rings. The Morgan fingerprint density at radius 1 is 1.15 bits per heavy atom. The number of likely N-dealkylation sites (tertiary alicyclic amines) is 1. The predicted molar refractivity (Wildman–Crippen MR) is 171 cm³/mol. The zero-order valence-corrected chi connectivity index (χ0v) is 25.7. The van der Waals surface area contributed by atoms with E-state index in [1.54, 1.807) is 0 Å². The van der Waals surface area contributed by atoms with Crippen LogP contribution in [0, 0.1) is 0 Å². The molecular formula is C32H40N6OS2. The molecular weight excluding hydrogens is 549 g/mol. The van der Waals surface area contributed by atoms with E-state index in [2.05, 4.69) is 52.3 Å². The normalized spacial score (nSPS) is 26.1. The van der Waals surface area contributed by atoms with Gasteiger partial charge in [-0.2, -0.15) is 0 Å². The Kier molecular flexibility index (Phi) is 7.24. The first-order valence-electron chi connectivity index (χ1n) is 15.1. The number of fused-ring (bicyclic) bond motifs is 4. The molecule has 41 heavy (non-hydrogen) atoms. The third-order valence-electron chi connectivity index (χ3n) is 9.53. The Morgan fingerprint density at radius 2 is 2.00 bits per heavy atom. The first-order valence-corrected chi connectivity index (χ1v) is 16.8. The maximum absolute atomic E-state index is 13.1. The van der Waals surface area contributed by atoms with Crippen LogP contribution in [0.1, 0.15) is 83.9 Å². The third-order valence-corrected chi connectivity index (χ3v) is 12.5. The number of carbonyl (C=O) groups is 1. The molecule has 0 aliphatic carbocycles. The molecule has 4 aliphatic rings. The zero-order valence-electron chi connectivity index (χ0n) is 24.1. The molecule has 3 saturated heterocycles. The van der Waals surface area contributed by atoms with Crippen molar-refractivity contribution in [3.05, 3.63) is 58.1 Å². The number of piperidine rings is 1. The monoisotopic (exact) mass is 588 g/mol. The Hall–Kier alpha value is -2.62. The SMILES string of the molecule is CN1CCC(c2nc3cc(CCCC4S[C@]4(C)CNC(=O)c4ccc5c(c4)C4CCCN4C(N)=N5)ccc3s2)CC1. The van der Waals surface area contributed by atoms with E-state index in [0.29, 0.717) is 29.2 Å². The van der Waals surface area contributed by atoms with Gasteiger partial charge >= 0.3 is 0 Å². The van der Waals surface area contributed by atoms with E-state index in [0.717, 1.165) is 43.5 Å². The van der Waals surface area contributed by atoms with Gasteiger partial charge in [0.2, 0.25) is 0 Å². The minimum absolute atomic E-state index is 0.00327. The minimum atomic E-state index is 0.00327. The summed E-state index contributed by atoms with van der Waals surface area (Å²) in [6, 6.07) is 13.0. The quantitative estimate of drug-likeness (QED) is 0.322. The second-order valence-corrected chi connectivity index (χ2v) is 15.3. The van der Waals surface area contributed by atoms with E-state index in [-0.39, 0.29) is 16.7 Å². The number of nitrogens with two attached hydrogens (primary N) is 1. The predicted octanol–water partition coefficient (Wildman–Crippen LogP) is 5.83. The molecule has 4 aliphatic heterocycles. The van der Waals surface area contributed by atoms with Crippen LogP contribution >= 0.6 is 23.1 Å². The van der Waals surface area contributed by atoms with Gasteiger partial charge in [0.15, 0.2) is 5.96 Å². The summed E-state index contributed by atoms with van der Waals surface area (Å²) in [7, 11) is 2.21. The second kappa shape index (κ2) is 10.9. The maximum atomic E-state index is 13.1. The van der Waals surface area contributed by atoms with Gasteiger partial charge in [-0.1, -0.05) is 6.07 Å². The molecule has 9 heteroatoms. The largest absolute Gasteiger partial charge is 0.369 e. The number of hydrogen-bond donors (Lipinski definition) is 2. The van der Waals surface area contributed by atoms with Crippen molar-refractivity contribution in [2.24, 2.45) is 10.7 Å². The molecule has 7 rings (SSSR count). The molecule has 3 aromatic rings. The van der Waals surface area contributed by atoms with Crippen molar-refractivity contribution in [3.63, 3.8) is 0 Å². The number of nitrogens with zero attached hydrogens (tertiary/aromatic N) is 4. The lowest BCUT2D eigenvalue weighted by atomic mass is 9.98. The number of thiazole rings is 1. The highest BCUT2D eigenvalue weighted by atomic mass is 32.2. The molecule has 0 bridgehead atoms. The molecule has 2 aromatic carbocycles. The fourth-order valence-corrected chi connectivity index (χ4v) is 9.19. The van der Waals surface area contributed by atoms with Crippen LogP contribution < -0.4 is 11.1 Å². The summed E-state index contributed by atoms with van der Waals surface area (Å²) >= 11 is 3.89. The number of benzene rings is 2. The van der Waals surface area contributed by atoms with Crippen LogP contribution in [0.4, 0.5) is 5.69 Å². The van der Waals surface area contributed by atoms with Crippen molar-refractivity contribution in [1.82, 2.24) is 20.1 Å². The van der Waals surface area contributed by atoms with Crippen molar-refractivity contribution in [3.8, 4) is 0 Å². The van der Waals surface area contributed by atoms with Crippen LogP contribution in [0.5, 0.6) is 0 Å². The van der Waals surface area contributed by atoms with Gasteiger partial charge in [0, 0.05) is 40.1 Å². The van der Waals surface area contributed by atoms with Crippen molar-refractivity contribution in [2.75, 3.05) is 33.2 Å². The highest BCUT2D eigenvalue weighted by Gasteiger charge is 2.50. The lowest BCUT2D eigenvalue weighted by Gasteiger charge is -2.31. The van der Waals surface area contributed by atoms with Gasteiger partial charge in [0.05, 0.1) is 27.0 Å². The average molecular weight is 589 g/mol. The van der Waals surface area contributed by atoms with Crippen molar-refractivity contribution < 1.29 is 4.79 Å². The molecule has 3 N–H and O–H groups in total. The molecule has 2 unspecified atom stereocenters. The highest BCUT2D eigenvalue weighted by molar-refractivity contribution is 8.08. The molecule has 0 saturated carbocycles. The zero-order chi connectivity index (χ0) is 28.1. The van der Waals surface area contributed by atoms with Gasteiger partial charge in [0.1, 0.15) is 0 Å². The molecule has 216 valence electrons. The van der Waals surface area contributed by atoms with Crippen LogP contribution in [-0.4, -0.2) is 69.9 Å². The van der Waals surface area contributed by atoms with Gasteiger partial charge in [-0.15, -0.1) is 23.1 Å². The van der Waals surface area contributed by atoms with E-state index in [9.17, 15) is 4.79 Å². The number of thioether (sulfide) groups is 1. The fraction of sp³-hybridized carbons (Fsp3) is 0.531. The summed E-state index contributed by atoms with van der Waals surface area (Å²) in [6.07, 6.45) is 8.01. The second-order valence-electron chi connectivity index (χ2n) is 12.5. The van der Waals surface area contributed by atoms with Gasteiger partial charge in [0.25, 0.3) is 5.91 Å². The smallest absolute Gasteiger partial charge is 0.251 e. The summed E-state index contributed by atoms with van der Waals surface area (Å²) in [5.41, 5.74) is 11.5. The minimum Gasteiger partial charge on any atom is -0.369 e. The summed E-state index contributed by atoms with van der Waals surface area (Å²) in [5.74, 6) is 1.22. The van der Waals surface area contributed by atoms with E-state index < -0.39 is 0 Å². The molecule has 1 aromatic heterocycles.